The fraction of sp³-hybridized carbons (Fsp3) is 0.0909. The average molecular weight is 318 g/mol. The quantitative estimate of drug-likeness (QED) is 0.826. The Balaban J connectivity index is 2.37. The highest BCUT2D eigenvalue weighted by Gasteiger charge is 2.09. The lowest BCUT2D eigenvalue weighted by Crippen LogP contribution is -2.09. The van der Waals surface area contributed by atoms with Crippen LogP contribution < -0.4 is 10.6 Å². The van der Waals surface area contributed by atoms with Gasteiger partial charge in [-0.2, -0.15) is 0 Å². The monoisotopic (exact) mass is 316 g/mol. The number of nitrogen functional groups attached to an aromatic ring is 1. The molecule has 0 saturated carbocycles. The van der Waals surface area contributed by atoms with Crippen LogP contribution in [0.15, 0.2) is 34.1 Å². The Morgan fingerprint density at radius 2 is 2.12 bits per heavy atom. The van der Waals surface area contributed by atoms with E-state index in [1.165, 1.54) is 0 Å². The fourth-order valence-electron chi connectivity index (χ4n) is 1.43. The first-order chi connectivity index (χ1) is 7.58. The Hall–Kier alpha value is -0.710. The van der Waals surface area contributed by atoms with Gasteiger partial charge in [-0.05, 0) is 40.2 Å². The summed E-state index contributed by atoms with van der Waals surface area (Å²) in [5, 5.41) is 3.82. The largest absolute Gasteiger partial charge is 0.397 e. The second-order valence-electron chi connectivity index (χ2n) is 3.37. The number of anilines is 3. The summed E-state index contributed by atoms with van der Waals surface area (Å²) >= 11 is 11.0. The maximum atomic E-state index is 5.93. The maximum Gasteiger partial charge on any atom is 0.0962 e. The predicted molar refractivity (Wildman–Crippen MR) is 75.9 cm³/mol. The molecule has 1 heterocycles. The van der Waals surface area contributed by atoms with Crippen molar-refractivity contribution >= 4 is 55.2 Å². The van der Waals surface area contributed by atoms with Crippen molar-refractivity contribution in [3.63, 3.8) is 0 Å². The van der Waals surface area contributed by atoms with E-state index in [2.05, 4.69) is 22.0 Å². The van der Waals surface area contributed by atoms with Crippen LogP contribution in [0.25, 0.3) is 0 Å². The Labute approximate surface area is 112 Å². The van der Waals surface area contributed by atoms with Crippen LogP contribution in [0.3, 0.4) is 0 Å². The van der Waals surface area contributed by atoms with E-state index >= 15 is 0 Å². The van der Waals surface area contributed by atoms with Gasteiger partial charge in [-0.15, -0.1) is 11.3 Å². The highest BCUT2D eigenvalue weighted by Crippen LogP contribution is 2.35. The average Bonchev–Trinajstić information content (AvgIpc) is 2.64. The number of nitrogens with zero attached hydrogens (tertiary/aromatic N) is 1. The molecule has 0 saturated heterocycles. The summed E-state index contributed by atoms with van der Waals surface area (Å²) in [6.07, 6.45) is 0. The van der Waals surface area contributed by atoms with Gasteiger partial charge in [0.25, 0.3) is 0 Å². The third-order valence-corrected chi connectivity index (χ3v) is 4.24. The molecule has 0 aliphatic rings. The van der Waals surface area contributed by atoms with Gasteiger partial charge in [-0.3, -0.25) is 0 Å². The molecule has 0 atom stereocenters. The lowest BCUT2D eigenvalue weighted by molar-refractivity contribution is 1.24. The first-order valence-corrected chi connectivity index (χ1v) is 6.66. The predicted octanol–water partition coefficient (Wildman–Crippen LogP) is 4.51. The van der Waals surface area contributed by atoms with Gasteiger partial charge >= 0.3 is 0 Å². The summed E-state index contributed by atoms with van der Waals surface area (Å²) in [7, 11) is 1.98. The number of hydrogen-bond acceptors (Lipinski definition) is 3. The maximum absolute atomic E-state index is 5.93. The van der Waals surface area contributed by atoms with E-state index in [9.17, 15) is 0 Å². The van der Waals surface area contributed by atoms with Crippen molar-refractivity contribution in [1.82, 2.24) is 0 Å². The number of thiophene rings is 1. The van der Waals surface area contributed by atoms with Crippen LogP contribution >= 0.6 is 38.9 Å². The van der Waals surface area contributed by atoms with Crippen molar-refractivity contribution in [3.8, 4) is 0 Å². The van der Waals surface area contributed by atoms with Crippen molar-refractivity contribution in [3.05, 3.63) is 39.1 Å². The van der Waals surface area contributed by atoms with Gasteiger partial charge in [0.15, 0.2) is 0 Å². The Morgan fingerprint density at radius 1 is 1.38 bits per heavy atom. The van der Waals surface area contributed by atoms with Gasteiger partial charge in [0.2, 0.25) is 0 Å². The lowest BCUT2D eigenvalue weighted by atomic mass is 10.2. The second-order valence-corrected chi connectivity index (χ2v) is 5.61. The summed E-state index contributed by atoms with van der Waals surface area (Å²) in [5.74, 6) is 0. The summed E-state index contributed by atoms with van der Waals surface area (Å²) in [4.78, 5) is 2.04. The van der Waals surface area contributed by atoms with E-state index in [0.717, 1.165) is 15.2 Å². The third-order valence-electron chi connectivity index (χ3n) is 2.24. The normalized spacial score (nSPS) is 10.4. The van der Waals surface area contributed by atoms with Crippen LogP contribution in [0.1, 0.15) is 0 Å². The third kappa shape index (κ3) is 2.34. The molecule has 16 heavy (non-hydrogen) atoms. The van der Waals surface area contributed by atoms with Crippen molar-refractivity contribution in [2.24, 2.45) is 0 Å². The number of nitrogens with two attached hydrogens (primary N) is 1. The molecule has 0 amide bonds. The summed E-state index contributed by atoms with van der Waals surface area (Å²) in [5.41, 5.74) is 7.57. The molecule has 1 aromatic carbocycles. The van der Waals surface area contributed by atoms with E-state index in [-0.39, 0.29) is 0 Å². The molecule has 2 aromatic rings. The molecule has 0 bridgehead atoms. The second kappa shape index (κ2) is 4.65. The van der Waals surface area contributed by atoms with Crippen LogP contribution in [0.2, 0.25) is 5.02 Å². The zero-order valence-corrected chi connectivity index (χ0v) is 11.7. The minimum Gasteiger partial charge on any atom is -0.397 e. The molecule has 2 rings (SSSR count). The molecule has 0 unspecified atom stereocenters. The molecule has 84 valence electrons. The Morgan fingerprint density at radius 3 is 2.69 bits per heavy atom. The SMILES string of the molecule is CN(c1cc(Br)cs1)c1ccc(Cl)cc1N. The molecule has 5 heteroatoms. The van der Waals surface area contributed by atoms with Crippen LogP contribution in [0.5, 0.6) is 0 Å². The van der Waals surface area contributed by atoms with Gasteiger partial charge in [0.1, 0.15) is 0 Å². The molecule has 0 aliphatic heterocycles. The first kappa shape index (κ1) is 11.8. The van der Waals surface area contributed by atoms with E-state index < -0.39 is 0 Å². The summed E-state index contributed by atoms with van der Waals surface area (Å²) in [6.45, 7) is 0. The van der Waals surface area contributed by atoms with Crippen LogP contribution in [-0.4, -0.2) is 7.05 Å². The van der Waals surface area contributed by atoms with Crippen molar-refractivity contribution in [2.75, 3.05) is 17.7 Å². The topological polar surface area (TPSA) is 29.3 Å². The van der Waals surface area contributed by atoms with Crippen molar-refractivity contribution < 1.29 is 0 Å². The highest BCUT2D eigenvalue weighted by atomic mass is 79.9. The minimum atomic E-state index is 0.655. The number of rotatable bonds is 2. The molecular formula is C11H10BrClN2S. The van der Waals surface area contributed by atoms with E-state index in [4.69, 9.17) is 17.3 Å². The van der Waals surface area contributed by atoms with Crippen molar-refractivity contribution in [1.29, 1.82) is 0 Å². The van der Waals surface area contributed by atoms with E-state index in [0.29, 0.717) is 10.7 Å². The first-order valence-electron chi connectivity index (χ1n) is 4.60. The molecule has 0 aliphatic carbocycles. The molecule has 2 N–H and O–H groups in total. The van der Waals surface area contributed by atoms with Crippen LogP contribution in [-0.2, 0) is 0 Å². The summed E-state index contributed by atoms with van der Waals surface area (Å²) < 4.78 is 1.08. The number of hydrogen-bond donors (Lipinski definition) is 1. The van der Waals surface area contributed by atoms with Gasteiger partial charge in [0, 0.05) is 21.9 Å². The van der Waals surface area contributed by atoms with Gasteiger partial charge < -0.3 is 10.6 Å². The van der Waals surface area contributed by atoms with Gasteiger partial charge in [-0.25, -0.2) is 0 Å². The molecular weight excluding hydrogens is 308 g/mol. The lowest BCUT2D eigenvalue weighted by Gasteiger charge is -2.19. The van der Waals surface area contributed by atoms with Gasteiger partial charge in [-0.1, -0.05) is 11.6 Å². The number of halogens is 2. The van der Waals surface area contributed by atoms with Gasteiger partial charge in [0.05, 0.1) is 16.4 Å². The van der Waals surface area contributed by atoms with Crippen molar-refractivity contribution in [2.45, 2.75) is 0 Å². The molecule has 1 aromatic heterocycles. The molecule has 2 nitrogen and oxygen atoms in total. The zero-order valence-electron chi connectivity index (χ0n) is 8.58. The number of benzene rings is 1. The smallest absolute Gasteiger partial charge is 0.0962 e. The Bertz CT molecular complexity index is 512. The summed E-state index contributed by atoms with van der Waals surface area (Å²) in [6, 6.07) is 7.58. The highest BCUT2D eigenvalue weighted by molar-refractivity contribution is 9.10. The van der Waals surface area contributed by atoms with E-state index in [1.54, 1.807) is 17.4 Å². The minimum absolute atomic E-state index is 0.655. The fourth-order valence-corrected chi connectivity index (χ4v) is 3.01. The van der Waals surface area contributed by atoms with Crippen LogP contribution in [0.4, 0.5) is 16.4 Å². The zero-order chi connectivity index (χ0) is 11.7. The molecule has 0 radical (unpaired) electrons. The Kier molecular flexibility index (Phi) is 3.42. The van der Waals surface area contributed by atoms with E-state index in [1.807, 2.05) is 29.5 Å². The molecule has 0 spiro atoms. The molecule has 0 fully saturated rings. The van der Waals surface area contributed by atoms with Crippen LogP contribution in [0, 0.1) is 0 Å². The standard InChI is InChI=1S/C11H10BrClN2S/c1-15(11-4-7(12)6-16-11)10-3-2-8(13)5-9(10)14/h2-6H,14H2,1H3.